The molecule has 0 aliphatic carbocycles. The smallest absolute Gasteiger partial charge is 0.220 e. The molecule has 1 aliphatic heterocycles. The number of hydrogen-bond donors (Lipinski definition) is 3. The van der Waals surface area contributed by atoms with Crippen molar-refractivity contribution in [2.75, 3.05) is 6.54 Å². The molecule has 3 N–H and O–H groups in total. The second-order valence-corrected chi connectivity index (χ2v) is 6.39. The molecular formula is C21H22N4O3. The number of nitrogens with one attached hydrogen (secondary N) is 3. The quantitative estimate of drug-likeness (QED) is 0.481. The Kier molecular flexibility index (Phi) is 6.51. The largest absolute Gasteiger partial charge is 0.456 e. The lowest BCUT2D eigenvalue weighted by atomic mass is 10.00. The first kappa shape index (κ1) is 19.3. The van der Waals surface area contributed by atoms with Gasteiger partial charge in [-0.05, 0) is 54.3 Å². The first-order chi connectivity index (χ1) is 13.6. The minimum absolute atomic E-state index is 0.0992. The van der Waals surface area contributed by atoms with Crippen LogP contribution in [0.1, 0.15) is 24.8 Å². The second kappa shape index (κ2) is 9.45. The Morgan fingerprint density at radius 3 is 2.64 bits per heavy atom. The molecule has 2 heterocycles. The van der Waals surface area contributed by atoms with Crippen LogP contribution in [0.3, 0.4) is 0 Å². The fraction of sp³-hybridized carbons (Fsp3) is 0.238. The summed E-state index contributed by atoms with van der Waals surface area (Å²) < 4.78 is 11.3. The van der Waals surface area contributed by atoms with Crippen LogP contribution in [0.2, 0.25) is 0 Å². The number of pyridine rings is 1. The van der Waals surface area contributed by atoms with Crippen LogP contribution < -0.4 is 14.8 Å². The molecule has 7 heteroatoms. The van der Waals surface area contributed by atoms with E-state index < -0.39 is 0 Å². The summed E-state index contributed by atoms with van der Waals surface area (Å²) in [7, 11) is 0. The number of hydrogen-bond acceptors (Lipinski definition) is 6. The van der Waals surface area contributed by atoms with Crippen LogP contribution in [0.4, 0.5) is 0 Å². The number of amides is 1. The van der Waals surface area contributed by atoms with Crippen LogP contribution in [-0.2, 0) is 4.79 Å². The molecule has 1 amide bonds. The van der Waals surface area contributed by atoms with E-state index in [0.717, 1.165) is 12.0 Å². The fourth-order valence-electron chi connectivity index (χ4n) is 2.71. The third-order valence-corrected chi connectivity index (χ3v) is 4.30. The molecule has 3 rings (SSSR count). The predicted octanol–water partition coefficient (Wildman–Crippen LogP) is 3.70. The zero-order valence-corrected chi connectivity index (χ0v) is 15.4. The topological polar surface area (TPSA) is 108 Å². The highest BCUT2D eigenvalue weighted by atomic mass is 16.5. The summed E-state index contributed by atoms with van der Waals surface area (Å²) in [4.78, 5) is 15.3. The zero-order chi connectivity index (χ0) is 19.8. The summed E-state index contributed by atoms with van der Waals surface area (Å²) in [6, 6.07) is 10.6. The van der Waals surface area contributed by atoms with Crippen LogP contribution >= 0.6 is 0 Å². The van der Waals surface area contributed by atoms with Gasteiger partial charge in [0, 0.05) is 37.4 Å². The lowest BCUT2D eigenvalue weighted by Crippen LogP contribution is -2.33. The van der Waals surface area contributed by atoms with Crippen molar-refractivity contribution in [1.82, 2.24) is 10.3 Å². The average Bonchev–Trinajstić information content (AvgIpc) is 2.71. The molecule has 0 spiro atoms. The molecule has 2 aromatic rings. The van der Waals surface area contributed by atoms with Gasteiger partial charge in [0.15, 0.2) is 0 Å². The molecule has 7 nitrogen and oxygen atoms in total. The highest BCUT2D eigenvalue weighted by Crippen LogP contribution is 2.23. The molecule has 1 atom stereocenters. The fourth-order valence-corrected chi connectivity index (χ4v) is 2.71. The van der Waals surface area contributed by atoms with E-state index in [9.17, 15) is 4.79 Å². The number of nitrogens with zero attached hydrogens (tertiary/aromatic N) is 1. The Labute approximate surface area is 163 Å². The lowest BCUT2D eigenvalue weighted by Gasteiger charge is -2.18. The molecule has 0 radical (unpaired) electrons. The first-order valence-electron chi connectivity index (χ1n) is 9.05. The number of rotatable bonds is 8. The van der Waals surface area contributed by atoms with Gasteiger partial charge in [-0.3, -0.25) is 4.79 Å². The van der Waals surface area contributed by atoms with Crippen LogP contribution in [0.5, 0.6) is 17.4 Å². The van der Waals surface area contributed by atoms with E-state index in [4.69, 9.17) is 20.3 Å². The highest BCUT2D eigenvalue weighted by Gasteiger charge is 2.15. The van der Waals surface area contributed by atoms with E-state index in [0.29, 0.717) is 42.5 Å². The van der Waals surface area contributed by atoms with Crippen LogP contribution in [0, 0.1) is 16.7 Å². The molecule has 144 valence electrons. The van der Waals surface area contributed by atoms with Crippen LogP contribution in [-0.4, -0.2) is 29.4 Å². The lowest BCUT2D eigenvalue weighted by molar-refractivity contribution is -0.122. The van der Waals surface area contributed by atoms with Crippen molar-refractivity contribution in [1.29, 1.82) is 10.8 Å². The van der Waals surface area contributed by atoms with Gasteiger partial charge in [-0.1, -0.05) is 0 Å². The molecule has 1 aliphatic rings. The van der Waals surface area contributed by atoms with Crippen LogP contribution in [0.15, 0.2) is 54.9 Å². The molecule has 1 saturated heterocycles. The number of ether oxygens (including phenoxy) is 2. The predicted molar refractivity (Wildman–Crippen MR) is 106 cm³/mol. The number of benzene rings is 1. The molecule has 0 saturated carbocycles. The minimum Gasteiger partial charge on any atom is -0.456 e. The van der Waals surface area contributed by atoms with Crippen molar-refractivity contribution in [2.24, 2.45) is 5.92 Å². The van der Waals surface area contributed by atoms with Crippen molar-refractivity contribution in [3.8, 4) is 17.4 Å². The van der Waals surface area contributed by atoms with Crippen molar-refractivity contribution >= 4 is 17.8 Å². The van der Waals surface area contributed by atoms with Gasteiger partial charge in [0.05, 0.1) is 12.5 Å². The molecular weight excluding hydrogens is 356 g/mol. The number of carbonyl (C=O) groups excluding carboxylic acids is 1. The van der Waals surface area contributed by atoms with E-state index in [1.165, 1.54) is 6.21 Å². The third kappa shape index (κ3) is 5.51. The SMILES string of the molecule is N=CCC(=N)c1ccc(Oc2ccc(OC=CC3CCC(=O)NC3)nc2)cc1. The number of aromatic nitrogens is 1. The number of piperidine rings is 1. The van der Waals surface area contributed by atoms with Gasteiger partial charge >= 0.3 is 0 Å². The Morgan fingerprint density at radius 1 is 1.21 bits per heavy atom. The maximum absolute atomic E-state index is 11.1. The van der Waals surface area contributed by atoms with E-state index in [1.807, 2.05) is 6.08 Å². The van der Waals surface area contributed by atoms with Gasteiger partial charge in [0.2, 0.25) is 11.8 Å². The number of carbonyl (C=O) groups is 1. The Hall–Kier alpha value is -3.48. The molecule has 28 heavy (non-hydrogen) atoms. The zero-order valence-electron chi connectivity index (χ0n) is 15.4. The first-order valence-corrected chi connectivity index (χ1v) is 9.05. The van der Waals surface area contributed by atoms with Gasteiger partial charge in [-0.2, -0.15) is 0 Å². The molecule has 1 aromatic carbocycles. The molecule has 1 fully saturated rings. The van der Waals surface area contributed by atoms with Gasteiger partial charge < -0.3 is 25.6 Å². The van der Waals surface area contributed by atoms with Gasteiger partial charge in [-0.15, -0.1) is 0 Å². The summed E-state index contributed by atoms with van der Waals surface area (Å²) in [6.07, 6.45) is 8.01. The summed E-state index contributed by atoms with van der Waals surface area (Å²) in [5.74, 6) is 2.06. The summed E-state index contributed by atoms with van der Waals surface area (Å²) in [5.41, 5.74) is 1.16. The summed E-state index contributed by atoms with van der Waals surface area (Å²) in [6.45, 7) is 0.637. The standard InChI is InChI=1S/C21H22N4O3/c22-11-9-19(23)16-2-4-17(5-3-16)28-18-6-8-21(25-14-18)27-12-10-15-1-7-20(26)24-13-15/h2-6,8,10-12,14-15,22-23H,1,7,9,13H2,(H,24,26). The minimum atomic E-state index is 0.0992. The normalized spacial score (nSPS) is 16.4. The highest BCUT2D eigenvalue weighted by molar-refractivity contribution is 6.04. The van der Waals surface area contributed by atoms with Crippen molar-refractivity contribution < 1.29 is 14.3 Å². The maximum Gasteiger partial charge on any atom is 0.220 e. The average molecular weight is 378 g/mol. The third-order valence-electron chi connectivity index (χ3n) is 4.30. The molecule has 1 unspecified atom stereocenters. The second-order valence-electron chi connectivity index (χ2n) is 6.39. The Morgan fingerprint density at radius 2 is 2.00 bits per heavy atom. The van der Waals surface area contributed by atoms with Gasteiger partial charge in [0.25, 0.3) is 0 Å². The Balaban J connectivity index is 1.50. The Bertz CT molecular complexity index is 850. The van der Waals surface area contributed by atoms with E-state index in [-0.39, 0.29) is 11.8 Å². The van der Waals surface area contributed by atoms with Gasteiger partial charge in [-0.25, -0.2) is 4.98 Å². The van der Waals surface area contributed by atoms with Crippen LogP contribution in [0.25, 0.3) is 0 Å². The van der Waals surface area contributed by atoms with E-state index in [1.54, 1.807) is 48.9 Å². The van der Waals surface area contributed by atoms with Gasteiger partial charge in [0.1, 0.15) is 11.5 Å². The van der Waals surface area contributed by atoms with E-state index >= 15 is 0 Å². The summed E-state index contributed by atoms with van der Waals surface area (Å²) >= 11 is 0. The summed E-state index contributed by atoms with van der Waals surface area (Å²) in [5, 5.41) is 17.7. The van der Waals surface area contributed by atoms with Crippen molar-refractivity contribution in [3.63, 3.8) is 0 Å². The monoisotopic (exact) mass is 378 g/mol. The van der Waals surface area contributed by atoms with Crippen molar-refractivity contribution in [2.45, 2.75) is 19.3 Å². The molecule has 1 aromatic heterocycles. The van der Waals surface area contributed by atoms with E-state index in [2.05, 4.69) is 10.3 Å². The molecule has 0 bridgehead atoms. The van der Waals surface area contributed by atoms with Crippen molar-refractivity contribution in [3.05, 3.63) is 60.5 Å². The maximum atomic E-state index is 11.1.